The van der Waals surface area contributed by atoms with Gasteiger partial charge in [-0.2, -0.15) is 0 Å². The Kier molecular flexibility index (Phi) is 4.66. The lowest BCUT2D eigenvalue weighted by atomic mass is 9.76. The van der Waals surface area contributed by atoms with Crippen LogP contribution in [0.4, 0.5) is 4.79 Å². The van der Waals surface area contributed by atoms with Crippen molar-refractivity contribution in [1.82, 2.24) is 15.1 Å². The predicted molar refractivity (Wildman–Crippen MR) is 101 cm³/mol. The van der Waals surface area contributed by atoms with Crippen LogP contribution in [0.25, 0.3) is 0 Å². The second-order valence-corrected chi connectivity index (χ2v) is 7.88. The number of amides is 4. The normalized spacial score (nSPS) is 27.7. The van der Waals surface area contributed by atoms with Gasteiger partial charge in [-0.1, -0.05) is 31.2 Å². The first-order valence-corrected chi connectivity index (χ1v) is 10.1. The number of carbonyl (C=O) groups excluding carboxylic acids is 3. The molecule has 2 fully saturated rings. The second kappa shape index (κ2) is 6.98. The number of carbonyl (C=O) groups is 3. The number of piperidine rings is 1. The van der Waals surface area contributed by atoms with Gasteiger partial charge >= 0.3 is 6.03 Å². The van der Waals surface area contributed by atoms with E-state index in [4.69, 9.17) is 0 Å². The average molecular weight is 369 g/mol. The molecule has 0 radical (unpaired) electrons. The van der Waals surface area contributed by atoms with E-state index in [1.165, 1.54) is 0 Å². The Morgan fingerprint density at radius 2 is 2.04 bits per heavy atom. The fourth-order valence-corrected chi connectivity index (χ4v) is 4.93. The number of aryl methyl sites for hydroxylation is 1. The molecule has 0 aromatic heterocycles. The van der Waals surface area contributed by atoms with E-state index in [-0.39, 0.29) is 24.4 Å². The van der Waals surface area contributed by atoms with E-state index in [1.54, 1.807) is 0 Å². The molecule has 1 N–H and O–H groups in total. The maximum atomic E-state index is 13.3. The number of nitrogens with zero attached hydrogens (tertiary/aromatic N) is 2. The summed E-state index contributed by atoms with van der Waals surface area (Å²) in [6.45, 7) is 2.64. The molecule has 144 valence electrons. The van der Waals surface area contributed by atoms with Crippen molar-refractivity contribution < 1.29 is 14.4 Å². The quantitative estimate of drug-likeness (QED) is 0.833. The van der Waals surface area contributed by atoms with E-state index in [9.17, 15) is 14.4 Å². The summed E-state index contributed by atoms with van der Waals surface area (Å²) in [7, 11) is 0. The van der Waals surface area contributed by atoms with Gasteiger partial charge in [0.15, 0.2) is 0 Å². The Morgan fingerprint density at radius 1 is 1.22 bits per heavy atom. The lowest BCUT2D eigenvalue weighted by Gasteiger charge is -2.36. The van der Waals surface area contributed by atoms with Gasteiger partial charge in [-0.25, -0.2) is 4.79 Å². The third kappa shape index (κ3) is 2.91. The van der Waals surface area contributed by atoms with Gasteiger partial charge in [0, 0.05) is 12.6 Å². The first kappa shape index (κ1) is 18.0. The maximum absolute atomic E-state index is 13.3. The molecule has 1 aromatic rings. The van der Waals surface area contributed by atoms with Crippen molar-refractivity contribution in [2.24, 2.45) is 0 Å². The van der Waals surface area contributed by atoms with Crippen molar-refractivity contribution in [2.75, 3.05) is 13.1 Å². The molecular weight excluding hydrogens is 342 g/mol. The zero-order valence-electron chi connectivity index (χ0n) is 15.9. The van der Waals surface area contributed by atoms with Gasteiger partial charge in [-0.15, -0.1) is 0 Å². The number of nitrogens with one attached hydrogen (secondary N) is 1. The van der Waals surface area contributed by atoms with Crippen LogP contribution in [0.3, 0.4) is 0 Å². The van der Waals surface area contributed by atoms with Crippen molar-refractivity contribution in [1.29, 1.82) is 0 Å². The molecule has 1 aliphatic carbocycles. The number of benzene rings is 1. The predicted octanol–water partition coefficient (Wildman–Crippen LogP) is 2.56. The lowest BCUT2D eigenvalue weighted by molar-refractivity contribution is -0.141. The highest BCUT2D eigenvalue weighted by Crippen LogP contribution is 2.39. The number of hydrogen-bond acceptors (Lipinski definition) is 3. The van der Waals surface area contributed by atoms with Gasteiger partial charge in [0.1, 0.15) is 12.1 Å². The smallest absolute Gasteiger partial charge is 0.325 e. The Balaban J connectivity index is 1.57. The molecule has 1 aromatic carbocycles. The summed E-state index contributed by atoms with van der Waals surface area (Å²) < 4.78 is 0. The molecule has 6 heteroatoms. The van der Waals surface area contributed by atoms with Crippen molar-refractivity contribution in [3.8, 4) is 0 Å². The first-order chi connectivity index (χ1) is 13.1. The van der Waals surface area contributed by atoms with Crippen LogP contribution in [0.2, 0.25) is 0 Å². The Hall–Kier alpha value is -2.37. The molecule has 2 atom stereocenters. The summed E-state index contributed by atoms with van der Waals surface area (Å²) in [5.41, 5.74) is 0.986. The molecule has 0 unspecified atom stereocenters. The van der Waals surface area contributed by atoms with Gasteiger partial charge in [0.2, 0.25) is 5.91 Å². The van der Waals surface area contributed by atoms with Crippen LogP contribution >= 0.6 is 0 Å². The summed E-state index contributed by atoms with van der Waals surface area (Å²) >= 11 is 0. The van der Waals surface area contributed by atoms with Crippen molar-refractivity contribution in [3.05, 3.63) is 35.4 Å². The number of hydrogen-bond donors (Lipinski definition) is 1. The zero-order chi connectivity index (χ0) is 19.0. The SMILES string of the molecule is CC[C@@H]1CCCCN1C(=O)CN1C(=O)N[C@@]2(CCCc3ccccc32)C1=O. The van der Waals surface area contributed by atoms with Crippen LogP contribution in [0.15, 0.2) is 24.3 Å². The first-order valence-electron chi connectivity index (χ1n) is 10.1. The van der Waals surface area contributed by atoms with Gasteiger partial charge in [-0.05, 0) is 56.1 Å². The molecular formula is C21H27N3O3. The Morgan fingerprint density at radius 3 is 2.85 bits per heavy atom. The van der Waals surface area contributed by atoms with Crippen molar-refractivity contribution >= 4 is 17.8 Å². The van der Waals surface area contributed by atoms with Crippen molar-refractivity contribution in [3.63, 3.8) is 0 Å². The Bertz CT molecular complexity index is 778. The van der Waals surface area contributed by atoms with E-state index < -0.39 is 11.6 Å². The minimum Gasteiger partial charge on any atom is -0.338 e. The molecule has 1 spiro atoms. The van der Waals surface area contributed by atoms with Gasteiger partial charge in [0.25, 0.3) is 5.91 Å². The fraction of sp³-hybridized carbons (Fsp3) is 0.571. The van der Waals surface area contributed by atoms with Crippen LogP contribution in [0.5, 0.6) is 0 Å². The van der Waals surface area contributed by atoms with Gasteiger partial charge < -0.3 is 10.2 Å². The number of likely N-dealkylation sites (tertiary alicyclic amines) is 1. The molecule has 2 aliphatic heterocycles. The maximum Gasteiger partial charge on any atom is 0.325 e. The summed E-state index contributed by atoms with van der Waals surface area (Å²) in [5, 5.41) is 2.93. The molecule has 2 heterocycles. The fourth-order valence-electron chi connectivity index (χ4n) is 4.93. The molecule has 4 amide bonds. The molecule has 0 bridgehead atoms. The van der Waals surface area contributed by atoms with E-state index in [0.29, 0.717) is 6.42 Å². The second-order valence-electron chi connectivity index (χ2n) is 7.88. The Labute approximate surface area is 159 Å². The number of fused-ring (bicyclic) bond motifs is 2. The molecule has 3 aliphatic rings. The number of rotatable bonds is 3. The van der Waals surface area contributed by atoms with Gasteiger partial charge in [0.05, 0.1) is 0 Å². The molecule has 2 saturated heterocycles. The average Bonchev–Trinajstić information content (AvgIpc) is 2.93. The highest BCUT2D eigenvalue weighted by atomic mass is 16.2. The minimum absolute atomic E-state index is 0.119. The molecule has 0 saturated carbocycles. The van der Waals surface area contributed by atoms with Crippen LogP contribution < -0.4 is 5.32 Å². The number of urea groups is 1. The van der Waals surface area contributed by atoms with Crippen LogP contribution in [0, 0.1) is 0 Å². The molecule has 6 nitrogen and oxygen atoms in total. The van der Waals surface area contributed by atoms with E-state index in [1.807, 2.05) is 29.2 Å². The summed E-state index contributed by atoms with van der Waals surface area (Å²) in [6.07, 6.45) is 6.36. The van der Waals surface area contributed by atoms with E-state index in [0.717, 1.165) is 61.1 Å². The molecule has 27 heavy (non-hydrogen) atoms. The zero-order valence-corrected chi connectivity index (χ0v) is 15.9. The molecule has 4 rings (SSSR count). The standard InChI is InChI=1S/C21H27N3O3/c1-2-16-10-5-6-13-23(16)18(25)14-24-19(26)21(22-20(24)27)12-7-9-15-8-3-4-11-17(15)21/h3-4,8,11,16H,2,5-7,9-10,12-14H2,1H3,(H,22,27)/t16-,21-/m1/s1. The summed E-state index contributed by atoms with van der Waals surface area (Å²) in [4.78, 5) is 41.8. The van der Waals surface area contributed by atoms with Gasteiger partial charge in [-0.3, -0.25) is 14.5 Å². The third-order valence-corrected chi connectivity index (χ3v) is 6.36. The lowest BCUT2D eigenvalue weighted by Crippen LogP contribution is -2.50. The largest absolute Gasteiger partial charge is 0.338 e. The number of imide groups is 1. The van der Waals surface area contributed by atoms with Crippen molar-refractivity contribution in [2.45, 2.75) is 63.5 Å². The third-order valence-electron chi connectivity index (χ3n) is 6.36. The highest BCUT2D eigenvalue weighted by Gasteiger charge is 2.54. The minimum atomic E-state index is -1.00. The topological polar surface area (TPSA) is 69.7 Å². The highest BCUT2D eigenvalue weighted by molar-refractivity contribution is 6.09. The van der Waals surface area contributed by atoms with Crippen LogP contribution in [-0.2, 0) is 21.5 Å². The monoisotopic (exact) mass is 369 g/mol. The van der Waals surface area contributed by atoms with Crippen LogP contribution in [-0.4, -0.2) is 46.8 Å². The summed E-state index contributed by atoms with van der Waals surface area (Å²) in [5.74, 6) is -0.399. The summed E-state index contributed by atoms with van der Waals surface area (Å²) in [6, 6.07) is 7.57. The van der Waals surface area contributed by atoms with E-state index >= 15 is 0 Å². The van der Waals surface area contributed by atoms with E-state index in [2.05, 4.69) is 12.2 Å². The van der Waals surface area contributed by atoms with Crippen LogP contribution in [0.1, 0.15) is 56.6 Å².